The van der Waals surface area contributed by atoms with Crippen LogP contribution in [0, 0.1) is 0 Å². The van der Waals surface area contributed by atoms with Crippen LogP contribution in [0.2, 0.25) is 0 Å². The number of aliphatic carboxylic acids is 1. The van der Waals surface area contributed by atoms with Gasteiger partial charge in [0.1, 0.15) is 0 Å². The molecule has 0 radical (unpaired) electrons. The number of hydrogen-bond acceptors (Lipinski definition) is 4. The molecule has 0 saturated carbocycles. The number of rotatable bonds is 4. The van der Waals surface area contributed by atoms with Crippen molar-refractivity contribution in [2.45, 2.75) is 57.7 Å². The number of nitrogens with zero attached hydrogens (tertiary/aromatic N) is 1. The first-order valence-electron chi connectivity index (χ1n) is 5.98. The van der Waals surface area contributed by atoms with E-state index >= 15 is 0 Å². The van der Waals surface area contributed by atoms with Crippen molar-refractivity contribution >= 4 is 11.9 Å². The molecule has 1 amide bonds. The predicted octanol–water partition coefficient (Wildman–Crippen LogP) is 0.0825. The number of hydrazine groups is 1. The summed E-state index contributed by atoms with van der Waals surface area (Å²) in [5.74, 6) is -1.49. The summed E-state index contributed by atoms with van der Waals surface area (Å²) in [6.45, 7) is 4.08. The molecule has 1 aliphatic heterocycles. The van der Waals surface area contributed by atoms with E-state index in [1.807, 2.05) is 18.9 Å². The second-order valence-corrected chi connectivity index (χ2v) is 4.72. The van der Waals surface area contributed by atoms with Crippen molar-refractivity contribution in [3.8, 4) is 0 Å². The van der Waals surface area contributed by atoms with Crippen LogP contribution in [0.1, 0.15) is 39.5 Å². The first-order valence-corrected chi connectivity index (χ1v) is 5.98. The average Bonchev–Trinajstić information content (AvgIpc) is 2.22. The number of carbonyl (C=O) groups is 2. The monoisotopic (exact) mass is 243 g/mol. The molecule has 0 aromatic carbocycles. The molecule has 0 aromatic rings. The summed E-state index contributed by atoms with van der Waals surface area (Å²) in [5, 5.41) is 10.5. The first kappa shape index (κ1) is 13.9. The smallest absolute Gasteiger partial charge is 0.305 e. The third kappa shape index (κ3) is 3.98. The Morgan fingerprint density at radius 2 is 1.94 bits per heavy atom. The highest BCUT2D eigenvalue weighted by Gasteiger charge is 2.28. The fourth-order valence-corrected chi connectivity index (χ4v) is 2.13. The fraction of sp³-hybridized carbons (Fsp3) is 0.818. The van der Waals surface area contributed by atoms with Crippen molar-refractivity contribution in [2.75, 3.05) is 0 Å². The average molecular weight is 243 g/mol. The lowest BCUT2D eigenvalue weighted by molar-refractivity contribution is -0.141. The van der Waals surface area contributed by atoms with E-state index in [1.165, 1.54) is 0 Å². The molecule has 1 rings (SSSR count). The molecular formula is C11H21N3O3. The molecule has 0 spiro atoms. The molecule has 1 aliphatic rings. The highest BCUT2D eigenvalue weighted by molar-refractivity contribution is 5.85. The molecule has 6 heteroatoms. The first-order chi connectivity index (χ1) is 7.91. The summed E-state index contributed by atoms with van der Waals surface area (Å²) in [7, 11) is 0. The van der Waals surface area contributed by atoms with E-state index in [1.54, 1.807) is 0 Å². The van der Waals surface area contributed by atoms with Gasteiger partial charge in [0.15, 0.2) is 0 Å². The van der Waals surface area contributed by atoms with Crippen molar-refractivity contribution in [2.24, 2.45) is 5.73 Å². The zero-order valence-corrected chi connectivity index (χ0v) is 10.3. The molecule has 1 heterocycles. The van der Waals surface area contributed by atoms with Crippen LogP contribution in [0.3, 0.4) is 0 Å². The maximum Gasteiger partial charge on any atom is 0.305 e. The Kier molecular flexibility index (Phi) is 4.89. The number of hydrogen-bond donors (Lipinski definition) is 3. The molecule has 0 aliphatic carbocycles. The van der Waals surface area contributed by atoms with E-state index in [0.717, 1.165) is 19.3 Å². The van der Waals surface area contributed by atoms with E-state index in [0.29, 0.717) is 0 Å². The van der Waals surface area contributed by atoms with Crippen LogP contribution in [0.4, 0.5) is 0 Å². The Morgan fingerprint density at radius 1 is 1.41 bits per heavy atom. The molecule has 0 bridgehead atoms. The summed E-state index contributed by atoms with van der Waals surface area (Å²) in [4.78, 5) is 22.2. The zero-order chi connectivity index (χ0) is 13.0. The lowest BCUT2D eigenvalue weighted by Crippen LogP contribution is -2.57. The minimum atomic E-state index is -1.06. The predicted molar refractivity (Wildman–Crippen MR) is 63.0 cm³/mol. The van der Waals surface area contributed by atoms with Gasteiger partial charge in [0, 0.05) is 12.1 Å². The van der Waals surface area contributed by atoms with Gasteiger partial charge in [0.2, 0.25) is 0 Å². The second-order valence-electron chi connectivity index (χ2n) is 4.72. The molecule has 98 valence electrons. The van der Waals surface area contributed by atoms with Crippen LogP contribution in [0.5, 0.6) is 0 Å². The van der Waals surface area contributed by atoms with E-state index in [2.05, 4.69) is 5.43 Å². The molecule has 4 N–H and O–H groups in total. The molecule has 3 unspecified atom stereocenters. The summed E-state index contributed by atoms with van der Waals surface area (Å²) in [6, 6.07) is -0.465. The third-order valence-electron chi connectivity index (χ3n) is 3.16. The Bertz CT molecular complexity index is 286. The Hall–Kier alpha value is -1.14. The minimum Gasteiger partial charge on any atom is -0.481 e. The summed E-state index contributed by atoms with van der Waals surface area (Å²) in [6.07, 6.45) is 2.86. The van der Waals surface area contributed by atoms with Crippen molar-refractivity contribution in [1.29, 1.82) is 0 Å². The Morgan fingerprint density at radius 3 is 2.41 bits per heavy atom. The van der Waals surface area contributed by atoms with Gasteiger partial charge in [-0.1, -0.05) is 6.42 Å². The summed E-state index contributed by atoms with van der Waals surface area (Å²) < 4.78 is 0. The maximum absolute atomic E-state index is 11.7. The van der Waals surface area contributed by atoms with E-state index in [4.69, 9.17) is 10.8 Å². The number of nitrogens with two attached hydrogens (primary N) is 1. The number of amides is 1. The van der Waals surface area contributed by atoms with Crippen molar-refractivity contribution in [3.05, 3.63) is 0 Å². The normalized spacial score (nSPS) is 27.5. The van der Waals surface area contributed by atoms with Crippen LogP contribution in [-0.4, -0.2) is 40.1 Å². The van der Waals surface area contributed by atoms with Crippen LogP contribution >= 0.6 is 0 Å². The molecule has 3 atom stereocenters. The molecule has 6 nitrogen and oxygen atoms in total. The quantitative estimate of drug-likeness (QED) is 0.650. The van der Waals surface area contributed by atoms with Crippen LogP contribution in [-0.2, 0) is 9.59 Å². The molecular weight excluding hydrogens is 222 g/mol. The van der Waals surface area contributed by atoms with E-state index in [9.17, 15) is 9.59 Å². The summed E-state index contributed by atoms with van der Waals surface area (Å²) >= 11 is 0. The van der Waals surface area contributed by atoms with Crippen LogP contribution in [0.15, 0.2) is 0 Å². The van der Waals surface area contributed by atoms with E-state index in [-0.39, 0.29) is 18.5 Å². The minimum absolute atomic E-state index is 0.264. The topological polar surface area (TPSA) is 95.7 Å². The Balaban J connectivity index is 2.51. The maximum atomic E-state index is 11.7. The highest BCUT2D eigenvalue weighted by atomic mass is 16.4. The van der Waals surface area contributed by atoms with Crippen LogP contribution < -0.4 is 11.2 Å². The molecule has 0 aromatic heterocycles. The largest absolute Gasteiger partial charge is 0.481 e. The van der Waals surface area contributed by atoms with Crippen molar-refractivity contribution in [3.63, 3.8) is 0 Å². The van der Waals surface area contributed by atoms with Gasteiger partial charge >= 0.3 is 5.97 Å². The van der Waals surface area contributed by atoms with Gasteiger partial charge in [0.05, 0.1) is 12.5 Å². The lowest BCUT2D eigenvalue weighted by Gasteiger charge is -2.39. The van der Waals surface area contributed by atoms with Gasteiger partial charge < -0.3 is 10.8 Å². The summed E-state index contributed by atoms with van der Waals surface area (Å²) in [5.41, 5.74) is 8.24. The number of carboxylic acid groups (broad SMARTS) is 1. The van der Waals surface area contributed by atoms with Crippen LogP contribution in [0.25, 0.3) is 0 Å². The zero-order valence-electron chi connectivity index (χ0n) is 10.3. The molecule has 1 fully saturated rings. The standard InChI is InChI=1S/C11H21N3O3/c1-7-4-3-5-8(2)14(7)13-11(17)9(12)6-10(15)16/h7-9H,3-6,12H2,1-2H3,(H,13,17)(H,15,16). The van der Waals surface area contributed by atoms with Crippen molar-refractivity contribution in [1.82, 2.24) is 10.4 Å². The molecule has 17 heavy (non-hydrogen) atoms. The van der Waals surface area contributed by atoms with Gasteiger partial charge in [-0.3, -0.25) is 15.0 Å². The highest BCUT2D eigenvalue weighted by Crippen LogP contribution is 2.20. The van der Waals surface area contributed by atoms with Gasteiger partial charge in [-0.15, -0.1) is 0 Å². The third-order valence-corrected chi connectivity index (χ3v) is 3.16. The van der Waals surface area contributed by atoms with E-state index < -0.39 is 17.9 Å². The number of nitrogens with one attached hydrogen (secondary N) is 1. The van der Waals surface area contributed by atoms with Gasteiger partial charge in [0.25, 0.3) is 5.91 Å². The number of carbonyl (C=O) groups excluding carboxylic acids is 1. The van der Waals surface area contributed by atoms with Gasteiger partial charge in [-0.05, 0) is 26.7 Å². The second kappa shape index (κ2) is 5.97. The molecule has 1 saturated heterocycles. The van der Waals surface area contributed by atoms with Gasteiger partial charge in [-0.25, -0.2) is 5.01 Å². The van der Waals surface area contributed by atoms with Crippen molar-refractivity contribution < 1.29 is 14.7 Å². The lowest BCUT2D eigenvalue weighted by atomic mass is 10.00. The number of piperidine rings is 1. The SMILES string of the molecule is CC1CCCC(C)N1NC(=O)C(N)CC(=O)O. The van der Waals surface area contributed by atoms with Gasteiger partial charge in [-0.2, -0.15) is 0 Å². The number of carboxylic acids is 1. The Labute approximate surface area is 101 Å². The fourth-order valence-electron chi connectivity index (χ4n) is 2.13.